The first-order chi connectivity index (χ1) is 9.54. The van der Waals surface area contributed by atoms with Crippen molar-refractivity contribution in [3.8, 4) is 0 Å². The number of morpholine rings is 1. The number of ether oxygens (including phenoxy) is 1. The van der Waals surface area contributed by atoms with Crippen LogP contribution in [0.5, 0.6) is 0 Å². The van der Waals surface area contributed by atoms with Gasteiger partial charge in [-0.15, -0.1) is 0 Å². The number of nitro groups is 1. The molecule has 1 atom stereocenters. The van der Waals surface area contributed by atoms with E-state index < -0.39 is 11.0 Å². The lowest BCUT2D eigenvalue weighted by molar-refractivity contribution is -0.384. The Hall–Kier alpha value is -1.70. The van der Waals surface area contributed by atoms with Gasteiger partial charge in [-0.05, 0) is 12.1 Å². The van der Waals surface area contributed by atoms with Crippen LogP contribution in [0.15, 0.2) is 18.2 Å². The summed E-state index contributed by atoms with van der Waals surface area (Å²) in [7, 11) is 0. The van der Waals surface area contributed by atoms with Crippen LogP contribution in [0.4, 0.5) is 5.69 Å². The number of amides is 1. The number of nitro benzene ring substituents is 1. The number of hydrogen-bond donors (Lipinski definition) is 1. The lowest BCUT2D eigenvalue weighted by Gasteiger charge is -2.34. The molecule has 20 heavy (non-hydrogen) atoms. The summed E-state index contributed by atoms with van der Waals surface area (Å²) in [4.78, 5) is 24.0. The number of nitrogens with zero attached hydrogens (tertiary/aromatic N) is 2. The molecule has 0 aliphatic carbocycles. The molecule has 1 aromatic rings. The van der Waals surface area contributed by atoms with Gasteiger partial charge < -0.3 is 14.7 Å². The minimum Gasteiger partial charge on any atom is -0.394 e. The molecule has 1 aliphatic rings. The minimum absolute atomic E-state index is 0.0211. The largest absolute Gasteiger partial charge is 0.394 e. The summed E-state index contributed by atoms with van der Waals surface area (Å²) in [6, 6.07) is 3.46. The van der Waals surface area contributed by atoms with E-state index in [9.17, 15) is 20.0 Å². The van der Waals surface area contributed by atoms with E-state index in [1.165, 1.54) is 17.0 Å². The highest BCUT2D eigenvalue weighted by atomic mass is 35.5. The van der Waals surface area contributed by atoms with Crippen molar-refractivity contribution in [2.75, 3.05) is 26.4 Å². The number of carbonyl (C=O) groups is 1. The van der Waals surface area contributed by atoms with Gasteiger partial charge in [-0.1, -0.05) is 11.6 Å². The first kappa shape index (κ1) is 14.7. The Balaban J connectivity index is 2.28. The van der Waals surface area contributed by atoms with Crippen molar-refractivity contribution in [2.24, 2.45) is 0 Å². The third-order valence-electron chi connectivity index (χ3n) is 3.09. The second kappa shape index (κ2) is 6.17. The van der Waals surface area contributed by atoms with Gasteiger partial charge in [-0.3, -0.25) is 14.9 Å². The molecule has 1 aromatic carbocycles. The molecular formula is C12H13ClN2O5. The number of aliphatic hydroxyl groups excluding tert-OH is 1. The molecule has 0 radical (unpaired) electrons. The predicted octanol–water partition coefficient (Wildman–Crippen LogP) is 1.08. The molecule has 8 heteroatoms. The molecule has 0 saturated carbocycles. The van der Waals surface area contributed by atoms with Gasteiger partial charge in [-0.25, -0.2) is 0 Å². The van der Waals surface area contributed by atoms with Crippen LogP contribution in [0.2, 0.25) is 5.02 Å². The number of benzene rings is 1. The molecule has 0 bridgehead atoms. The quantitative estimate of drug-likeness (QED) is 0.666. The van der Waals surface area contributed by atoms with E-state index in [-0.39, 0.29) is 35.4 Å². The van der Waals surface area contributed by atoms with E-state index >= 15 is 0 Å². The van der Waals surface area contributed by atoms with Crippen LogP contribution in [0.3, 0.4) is 0 Å². The Labute approximate surface area is 119 Å². The fraction of sp³-hybridized carbons (Fsp3) is 0.417. The monoisotopic (exact) mass is 300 g/mol. The van der Waals surface area contributed by atoms with E-state index in [2.05, 4.69) is 0 Å². The SMILES string of the molecule is O=C(c1ccc(Cl)c([N+](=O)[O-])c1)N1CCOCC1CO. The Morgan fingerprint density at radius 2 is 2.35 bits per heavy atom. The molecule has 2 rings (SSSR count). The van der Waals surface area contributed by atoms with Crippen molar-refractivity contribution in [3.05, 3.63) is 38.9 Å². The maximum atomic E-state index is 12.3. The molecule has 108 valence electrons. The van der Waals surface area contributed by atoms with Crippen molar-refractivity contribution in [2.45, 2.75) is 6.04 Å². The maximum Gasteiger partial charge on any atom is 0.288 e. The highest BCUT2D eigenvalue weighted by Crippen LogP contribution is 2.26. The first-order valence-electron chi connectivity index (χ1n) is 5.98. The average Bonchev–Trinajstić information content (AvgIpc) is 2.46. The van der Waals surface area contributed by atoms with Crippen molar-refractivity contribution in [1.82, 2.24) is 4.90 Å². The Morgan fingerprint density at radius 1 is 1.60 bits per heavy atom. The molecular weight excluding hydrogens is 288 g/mol. The molecule has 1 heterocycles. The summed E-state index contributed by atoms with van der Waals surface area (Å²) in [5, 5.41) is 20.0. The van der Waals surface area contributed by atoms with E-state index in [1.54, 1.807) is 0 Å². The van der Waals surface area contributed by atoms with Crippen LogP contribution in [0, 0.1) is 10.1 Å². The highest BCUT2D eigenvalue weighted by Gasteiger charge is 2.28. The molecule has 1 aliphatic heterocycles. The van der Waals surface area contributed by atoms with Crippen LogP contribution < -0.4 is 0 Å². The van der Waals surface area contributed by atoms with Crippen molar-refractivity contribution >= 4 is 23.2 Å². The number of halogens is 1. The van der Waals surface area contributed by atoms with E-state index in [4.69, 9.17) is 16.3 Å². The van der Waals surface area contributed by atoms with Gasteiger partial charge in [0.1, 0.15) is 5.02 Å². The van der Waals surface area contributed by atoms with Gasteiger partial charge in [0.15, 0.2) is 0 Å². The smallest absolute Gasteiger partial charge is 0.288 e. The van der Waals surface area contributed by atoms with E-state index in [0.717, 1.165) is 6.07 Å². The normalized spacial score (nSPS) is 18.9. The molecule has 0 spiro atoms. The first-order valence-corrected chi connectivity index (χ1v) is 6.36. The van der Waals surface area contributed by atoms with Crippen LogP contribution >= 0.6 is 11.6 Å². The van der Waals surface area contributed by atoms with Crippen LogP contribution in [-0.2, 0) is 4.74 Å². The lowest BCUT2D eigenvalue weighted by atomic mass is 10.1. The Kier molecular flexibility index (Phi) is 4.53. The lowest BCUT2D eigenvalue weighted by Crippen LogP contribution is -2.50. The van der Waals surface area contributed by atoms with E-state index in [1.807, 2.05) is 0 Å². The van der Waals surface area contributed by atoms with Gasteiger partial charge in [0.25, 0.3) is 11.6 Å². The predicted molar refractivity (Wildman–Crippen MR) is 70.8 cm³/mol. The summed E-state index contributed by atoms with van der Waals surface area (Å²) >= 11 is 5.71. The summed E-state index contributed by atoms with van der Waals surface area (Å²) in [5.41, 5.74) is -0.146. The summed E-state index contributed by atoms with van der Waals surface area (Å²) in [6.07, 6.45) is 0. The van der Waals surface area contributed by atoms with Gasteiger partial charge in [0.05, 0.1) is 30.8 Å². The van der Waals surface area contributed by atoms with Gasteiger partial charge >= 0.3 is 0 Å². The number of carbonyl (C=O) groups excluding carboxylic acids is 1. The fourth-order valence-electron chi connectivity index (χ4n) is 2.02. The fourth-order valence-corrected chi connectivity index (χ4v) is 2.21. The zero-order chi connectivity index (χ0) is 14.7. The second-order valence-corrected chi connectivity index (χ2v) is 4.74. The zero-order valence-corrected chi connectivity index (χ0v) is 11.2. The third kappa shape index (κ3) is 2.90. The Morgan fingerprint density at radius 3 is 3.00 bits per heavy atom. The van der Waals surface area contributed by atoms with Crippen LogP contribution in [0.25, 0.3) is 0 Å². The van der Waals surface area contributed by atoms with Crippen molar-refractivity contribution in [3.63, 3.8) is 0 Å². The molecule has 1 amide bonds. The van der Waals surface area contributed by atoms with Crippen LogP contribution in [-0.4, -0.2) is 53.2 Å². The van der Waals surface area contributed by atoms with Crippen molar-refractivity contribution < 1.29 is 19.6 Å². The summed E-state index contributed by atoms with van der Waals surface area (Å²) in [5.74, 6) is -0.382. The summed E-state index contributed by atoms with van der Waals surface area (Å²) in [6.45, 7) is 0.734. The molecule has 7 nitrogen and oxygen atoms in total. The number of aliphatic hydroxyl groups is 1. The van der Waals surface area contributed by atoms with E-state index in [0.29, 0.717) is 13.2 Å². The van der Waals surface area contributed by atoms with Gasteiger partial charge in [0, 0.05) is 18.2 Å². The topological polar surface area (TPSA) is 92.9 Å². The van der Waals surface area contributed by atoms with Gasteiger partial charge in [0.2, 0.25) is 0 Å². The highest BCUT2D eigenvalue weighted by molar-refractivity contribution is 6.32. The number of hydrogen-bond acceptors (Lipinski definition) is 5. The molecule has 1 N–H and O–H groups in total. The zero-order valence-electron chi connectivity index (χ0n) is 10.5. The third-order valence-corrected chi connectivity index (χ3v) is 3.41. The Bertz CT molecular complexity index is 537. The second-order valence-electron chi connectivity index (χ2n) is 4.33. The standard InChI is InChI=1S/C12H13ClN2O5/c13-10-2-1-8(5-11(10)15(18)19)12(17)14-3-4-20-7-9(14)6-16/h1-2,5,9,16H,3-4,6-7H2. The van der Waals surface area contributed by atoms with Crippen molar-refractivity contribution in [1.29, 1.82) is 0 Å². The maximum absolute atomic E-state index is 12.3. The summed E-state index contributed by atoms with van der Waals surface area (Å²) < 4.78 is 5.19. The molecule has 1 unspecified atom stereocenters. The minimum atomic E-state index is -0.637. The average molecular weight is 301 g/mol. The molecule has 0 aromatic heterocycles. The molecule has 1 fully saturated rings. The van der Waals surface area contributed by atoms with Gasteiger partial charge in [-0.2, -0.15) is 0 Å². The number of rotatable bonds is 3. The van der Waals surface area contributed by atoms with Crippen LogP contribution in [0.1, 0.15) is 10.4 Å². The molecule has 1 saturated heterocycles.